The van der Waals surface area contributed by atoms with E-state index in [1.165, 1.54) is 0 Å². The fourth-order valence-electron chi connectivity index (χ4n) is 2.37. The first kappa shape index (κ1) is 19.9. The number of rotatable bonds is 8. The van der Waals surface area contributed by atoms with E-state index in [9.17, 15) is 18.0 Å². The van der Waals surface area contributed by atoms with Gasteiger partial charge in [-0.2, -0.15) is 18.3 Å². The van der Waals surface area contributed by atoms with Crippen molar-refractivity contribution in [2.75, 3.05) is 13.7 Å². The van der Waals surface area contributed by atoms with E-state index in [0.29, 0.717) is 12.1 Å². The zero-order valence-electron chi connectivity index (χ0n) is 14.5. The molecule has 1 heterocycles. The number of likely N-dealkylation sites (N-methyl/N-ethyl adjacent to an activating group) is 1. The van der Waals surface area contributed by atoms with Gasteiger partial charge in [0.15, 0.2) is 0 Å². The topological polar surface area (TPSA) is 68.2 Å². The van der Waals surface area contributed by atoms with Gasteiger partial charge < -0.3 is 15.4 Å². The molecule has 142 valence electrons. The first-order valence-corrected chi connectivity index (χ1v) is 7.94. The van der Waals surface area contributed by atoms with Gasteiger partial charge in [-0.25, -0.2) is 0 Å². The monoisotopic (exact) mass is 370 g/mol. The number of aryl methyl sites for hydroxylation is 1. The summed E-state index contributed by atoms with van der Waals surface area (Å²) in [4.78, 5) is 12.3. The van der Waals surface area contributed by atoms with Gasteiger partial charge in [0.2, 0.25) is 5.91 Å². The summed E-state index contributed by atoms with van der Waals surface area (Å²) in [5.41, 5.74) is 2.22. The second kappa shape index (κ2) is 8.81. The van der Waals surface area contributed by atoms with Crippen LogP contribution in [0, 0.1) is 0 Å². The highest BCUT2D eigenvalue weighted by atomic mass is 19.4. The Labute approximate surface area is 149 Å². The van der Waals surface area contributed by atoms with E-state index in [2.05, 4.69) is 20.5 Å². The fraction of sp³-hybridized carbons (Fsp3) is 0.412. The van der Waals surface area contributed by atoms with Crippen LogP contribution in [0.25, 0.3) is 0 Å². The highest BCUT2D eigenvalue weighted by Crippen LogP contribution is 2.16. The molecule has 0 aliphatic heterocycles. The smallest absolute Gasteiger partial charge is 0.367 e. The van der Waals surface area contributed by atoms with Crippen LogP contribution in [-0.2, 0) is 29.7 Å². The van der Waals surface area contributed by atoms with Gasteiger partial charge in [0.05, 0.1) is 12.8 Å². The highest BCUT2D eigenvalue weighted by Gasteiger charge is 2.27. The van der Waals surface area contributed by atoms with Crippen molar-refractivity contribution in [1.82, 2.24) is 20.4 Å². The molecule has 1 amide bonds. The van der Waals surface area contributed by atoms with Gasteiger partial charge >= 0.3 is 6.18 Å². The van der Waals surface area contributed by atoms with Crippen molar-refractivity contribution in [2.45, 2.75) is 25.4 Å². The number of amides is 1. The number of halogens is 3. The van der Waals surface area contributed by atoms with Crippen molar-refractivity contribution in [3.05, 3.63) is 53.3 Å². The molecule has 2 N–H and O–H groups in total. The van der Waals surface area contributed by atoms with Crippen LogP contribution in [0.5, 0.6) is 0 Å². The predicted octanol–water partition coefficient (Wildman–Crippen LogP) is 2.08. The Morgan fingerprint density at radius 1 is 1.27 bits per heavy atom. The van der Waals surface area contributed by atoms with Crippen LogP contribution in [0.2, 0.25) is 0 Å². The van der Waals surface area contributed by atoms with E-state index in [1.54, 1.807) is 55.4 Å². The maximum atomic E-state index is 12.3. The van der Waals surface area contributed by atoms with E-state index < -0.39 is 18.8 Å². The highest BCUT2D eigenvalue weighted by molar-refractivity contribution is 5.83. The van der Waals surface area contributed by atoms with Crippen LogP contribution in [0.3, 0.4) is 0 Å². The van der Waals surface area contributed by atoms with Crippen LogP contribution >= 0.6 is 0 Å². The van der Waals surface area contributed by atoms with Gasteiger partial charge in [-0.3, -0.25) is 9.48 Å². The molecule has 1 atom stereocenters. The summed E-state index contributed by atoms with van der Waals surface area (Å²) in [6.45, 7) is -1.08. The zero-order chi connectivity index (χ0) is 19.2. The first-order chi connectivity index (χ1) is 12.3. The maximum Gasteiger partial charge on any atom is 0.411 e. The Balaban J connectivity index is 1.84. The minimum Gasteiger partial charge on any atom is -0.367 e. The van der Waals surface area contributed by atoms with Crippen molar-refractivity contribution in [1.29, 1.82) is 0 Å². The Bertz CT molecular complexity index is 714. The number of carbonyl (C=O) groups is 1. The molecular formula is C17H21F3N4O2. The van der Waals surface area contributed by atoms with Crippen molar-refractivity contribution >= 4 is 5.91 Å². The van der Waals surface area contributed by atoms with E-state index in [4.69, 9.17) is 0 Å². The maximum absolute atomic E-state index is 12.3. The predicted molar refractivity (Wildman–Crippen MR) is 89.0 cm³/mol. The minimum atomic E-state index is -4.33. The fourth-order valence-corrected chi connectivity index (χ4v) is 2.37. The normalized spacial score (nSPS) is 12.8. The lowest BCUT2D eigenvalue weighted by Gasteiger charge is -2.14. The quantitative estimate of drug-likeness (QED) is 0.747. The lowest BCUT2D eigenvalue weighted by molar-refractivity contribution is -0.176. The van der Waals surface area contributed by atoms with Crippen LogP contribution in [0.4, 0.5) is 13.2 Å². The summed E-state index contributed by atoms with van der Waals surface area (Å²) < 4.78 is 42.4. The van der Waals surface area contributed by atoms with Gasteiger partial charge in [-0.15, -0.1) is 0 Å². The molecule has 0 saturated carbocycles. The first-order valence-electron chi connectivity index (χ1n) is 7.94. The summed E-state index contributed by atoms with van der Waals surface area (Å²) in [5, 5.41) is 9.81. The van der Waals surface area contributed by atoms with Crippen molar-refractivity contribution < 1.29 is 22.7 Å². The lowest BCUT2D eigenvalue weighted by Crippen LogP contribution is -2.35. The standard InChI is InChI=1S/C17H21F3N4O2/c1-21-15(14-8-23-24(2)9-14)16(25)22-7-12-3-5-13(6-4-12)10-26-11-17(18,19)20/h3-6,8-9,15,21H,7,10-11H2,1-2H3,(H,22,25). The summed E-state index contributed by atoms with van der Waals surface area (Å²) in [6, 6.07) is 6.32. The lowest BCUT2D eigenvalue weighted by atomic mass is 10.1. The molecular weight excluding hydrogens is 349 g/mol. The molecule has 26 heavy (non-hydrogen) atoms. The molecule has 2 rings (SSSR count). The molecule has 0 spiro atoms. The summed E-state index contributed by atoms with van der Waals surface area (Å²) in [6.07, 6.45) is -0.949. The number of alkyl halides is 3. The van der Waals surface area contributed by atoms with Gasteiger partial charge in [-0.1, -0.05) is 24.3 Å². The molecule has 6 nitrogen and oxygen atoms in total. The Kier molecular flexibility index (Phi) is 6.76. The van der Waals surface area contributed by atoms with Gasteiger partial charge in [0, 0.05) is 25.4 Å². The number of aromatic nitrogens is 2. The molecule has 0 aliphatic carbocycles. The average Bonchev–Trinajstić information content (AvgIpc) is 3.00. The second-order valence-electron chi connectivity index (χ2n) is 5.81. The van der Waals surface area contributed by atoms with Crippen LogP contribution in [0.15, 0.2) is 36.7 Å². The van der Waals surface area contributed by atoms with Crippen LogP contribution in [-0.4, -0.2) is 35.5 Å². The Hall–Kier alpha value is -2.39. The molecule has 0 bridgehead atoms. The Morgan fingerprint density at radius 2 is 1.92 bits per heavy atom. The zero-order valence-corrected chi connectivity index (χ0v) is 14.5. The number of hydrogen-bond acceptors (Lipinski definition) is 4. The largest absolute Gasteiger partial charge is 0.411 e. The third-order valence-electron chi connectivity index (χ3n) is 3.63. The second-order valence-corrected chi connectivity index (χ2v) is 5.81. The van der Waals surface area contributed by atoms with E-state index in [1.807, 2.05) is 0 Å². The molecule has 0 radical (unpaired) electrons. The third-order valence-corrected chi connectivity index (χ3v) is 3.63. The average molecular weight is 370 g/mol. The summed E-state index contributed by atoms with van der Waals surface area (Å²) in [7, 11) is 3.46. The minimum absolute atomic E-state index is 0.116. The van der Waals surface area contributed by atoms with E-state index >= 15 is 0 Å². The van der Waals surface area contributed by atoms with Crippen molar-refractivity contribution in [3.63, 3.8) is 0 Å². The number of benzene rings is 1. The van der Waals surface area contributed by atoms with Crippen molar-refractivity contribution in [2.24, 2.45) is 7.05 Å². The van der Waals surface area contributed by atoms with E-state index in [0.717, 1.165) is 11.1 Å². The van der Waals surface area contributed by atoms with Crippen LogP contribution in [0.1, 0.15) is 22.7 Å². The molecule has 9 heteroatoms. The molecule has 1 unspecified atom stereocenters. The Morgan fingerprint density at radius 3 is 2.46 bits per heavy atom. The van der Waals surface area contributed by atoms with Crippen LogP contribution < -0.4 is 10.6 Å². The summed E-state index contributed by atoms with van der Waals surface area (Å²) >= 11 is 0. The molecule has 2 aromatic rings. The number of nitrogens with one attached hydrogen (secondary N) is 2. The van der Waals surface area contributed by atoms with Gasteiger partial charge in [0.25, 0.3) is 0 Å². The van der Waals surface area contributed by atoms with E-state index in [-0.39, 0.29) is 12.5 Å². The SMILES string of the molecule is CNC(C(=O)NCc1ccc(COCC(F)(F)F)cc1)c1cnn(C)c1. The molecule has 0 saturated heterocycles. The van der Waals surface area contributed by atoms with Gasteiger partial charge in [0.1, 0.15) is 12.6 Å². The number of hydrogen-bond donors (Lipinski definition) is 2. The molecule has 1 aromatic heterocycles. The van der Waals surface area contributed by atoms with Crippen molar-refractivity contribution in [3.8, 4) is 0 Å². The number of ether oxygens (including phenoxy) is 1. The number of carbonyl (C=O) groups excluding carboxylic acids is 1. The number of nitrogens with zero attached hydrogens (tertiary/aromatic N) is 2. The third kappa shape index (κ3) is 6.16. The summed E-state index contributed by atoms with van der Waals surface area (Å²) in [5.74, 6) is -0.196. The molecule has 0 aliphatic rings. The molecule has 0 fully saturated rings. The molecule has 1 aromatic carbocycles. The van der Waals surface area contributed by atoms with Gasteiger partial charge in [-0.05, 0) is 18.2 Å².